The third-order valence-electron chi connectivity index (χ3n) is 6.33. The standard InChI is InChI=1S/C28H56NO2/c1-5-7-8-9-10-11-12-13-14-15-16-17-18-19-20-21-22-23-24-25-26-31-28(30)27-29(3,4)6-2/h13-14H,5-12,15-27H2,1-4H3/q+1. The second-order valence-corrected chi connectivity index (χ2v) is 9.98. The molecule has 0 spiro atoms. The molecule has 184 valence electrons. The van der Waals surface area contributed by atoms with E-state index < -0.39 is 0 Å². The largest absolute Gasteiger partial charge is 0.462 e. The summed E-state index contributed by atoms with van der Waals surface area (Å²) in [6.07, 6.45) is 28.9. The van der Waals surface area contributed by atoms with E-state index >= 15 is 0 Å². The lowest BCUT2D eigenvalue weighted by Gasteiger charge is -2.26. The molecule has 0 aliphatic carbocycles. The minimum Gasteiger partial charge on any atom is -0.462 e. The number of unbranched alkanes of at least 4 members (excludes halogenated alkanes) is 16. The van der Waals surface area contributed by atoms with Crippen molar-refractivity contribution in [1.82, 2.24) is 0 Å². The molecule has 31 heavy (non-hydrogen) atoms. The van der Waals surface area contributed by atoms with Crippen molar-refractivity contribution in [3.8, 4) is 0 Å². The maximum atomic E-state index is 11.8. The van der Waals surface area contributed by atoms with Gasteiger partial charge in [-0.3, -0.25) is 0 Å². The molecule has 0 aromatic heterocycles. The van der Waals surface area contributed by atoms with Gasteiger partial charge in [0, 0.05) is 0 Å². The Morgan fingerprint density at radius 2 is 1.06 bits per heavy atom. The number of hydrogen-bond acceptors (Lipinski definition) is 2. The molecule has 0 aromatic carbocycles. The zero-order valence-corrected chi connectivity index (χ0v) is 21.8. The predicted molar refractivity (Wildman–Crippen MR) is 136 cm³/mol. The van der Waals surface area contributed by atoms with Gasteiger partial charge in [-0.1, -0.05) is 103 Å². The average molecular weight is 439 g/mol. The molecule has 0 fully saturated rings. The summed E-state index contributed by atoms with van der Waals surface area (Å²) in [5, 5.41) is 0. The number of nitrogens with zero attached hydrogens (tertiary/aromatic N) is 1. The van der Waals surface area contributed by atoms with E-state index in [0.717, 1.165) is 13.0 Å². The van der Waals surface area contributed by atoms with Crippen LogP contribution in [0, 0.1) is 0 Å². The van der Waals surface area contributed by atoms with Crippen LogP contribution in [0.2, 0.25) is 0 Å². The summed E-state index contributed by atoms with van der Waals surface area (Å²) in [5.41, 5.74) is 0. The molecule has 3 heteroatoms. The minimum atomic E-state index is -0.0554. The molecule has 0 N–H and O–H groups in total. The number of carbonyl (C=O) groups is 1. The number of rotatable bonds is 23. The number of esters is 1. The normalized spacial score (nSPS) is 12.0. The van der Waals surface area contributed by atoms with Gasteiger partial charge in [-0.15, -0.1) is 0 Å². The van der Waals surface area contributed by atoms with Crippen LogP contribution in [0.5, 0.6) is 0 Å². The first kappa shape index (κ1) is 30.2. The highest BCUT2D eigenvalue weighted by Gasteiger charge is 2.18. The van der Waals surface area contributed by atoms with Crippen molar-refractivity contribution in [3.05, 3.63) is 12.2 Å². The van der Waals surface area contributed by atoms with Crippen molar-refractivity contribution in [2.45, 2.75) is 129 Å². The Bertz CT molecular complexity index is 417. The monoisotopic (exact) mass is 438 g/mol. The van der Waals surface area contributed by atoms with Crippen molar-refractivity contribution in [2.24, 2.45) is 0 Å². The maximum absolute atomic E-state index is 11.8. The molecule has 0 radical (unpaired) electrons. The second-order valence-electron chi connectivity index (χ2n) is 9.98. The zero-order chi connectivity index (χ0) is 23.0. The van der Waals surface area contributed by atoms with Crippen LogP contribution in [0.25, 0.3) is 0 Å². The highest BCUT2D eigenvalue weighted by Crippen LogP contribution is 2.12. The summed E-state index contributed by atoms with van der Waals surface area (Å²) in [7, 11) is 4.13. The fourth-order valence-electron chi connectivity index (χ4n) is 3.75. The van der Waals surface area contributed by atoms with Crippen LogP contribution >= 0.6 is 0 Å². The summed E-state index contributed by atoms with van der Waals surface area (Å²) in [6.45, 7) is 6.40. The molecular formula is C28H56NO2+. The number of allylic oxidation sites excluding steroid dienone is 2. The molecule has 0 aliphatic heterocycles. The summed E-state index contributed by atoms with van der Waals surface area (Å²) in [5.74, 6) is -0.0554. The van der Waals surface area contributed by atoms with Crippen LogP contribution in [-0.2, 0) is 9.53 Å². The molecule has 0 heterocycles. The number of ether oxygens (including phenoxy) is 1. The quantitative estimate of drug-likeness (QED) is 0.0695. The van der Waals surface area contributed by atoms with Crippen molar-refractivity contribution in [2.75, 3.05) is 33.8 Å². The van der Waals surface area contributed by atoms with E-state index in [9.17, 15) is 4.79 Å². The summed E-state index contributed by atoms with van der Waals surface area (Å²) in [4.78, 5) is 11.8. The van der Waals surface area contributed by atoms with Gasteiger partial charge in [0.25, 0.3) is 0 Å². The van der Waals surface area contributed by atoms with Gasteiger partial charge in [0.15, 0.2) is 6.54 Å². The molecule has 0 aromatic rings. The van der Waals surface area contributed by atoms with Gasteiger partial charge >= 0.3 is 5.97 Å². The lowest BCUT2D eigenvalue weighted by molar-refractivity contribution is -0.881. The molecule has 0 saturated heterocycles. The van der Waals surface area contributed by atoms with Crippen molar-refractivity contribution < 1.29 is 14.0 Å². The van der Waals surface area contributed by atoms with Crippen LogP contribution in [0.3, 0.4) is 0 Å². The fourth-order valence-corrected chi connectivity index (χ4v) is 3.75. The molecule has 0 bridgehead atoms. The van der Waals surface area contributed by atoms with Crippen LogP contribution in [0.4, 0.5) is 0 Å². The maximum Gasteiger partial charge on any atom is 0.361 e. The van der Waals surface area contributed by atoms with E-state index in [0.29, 0.717) is 17.6 Å². The van der Waals surface area contributed by atoms with Crippen molar-refractivity contribution >= 4 is 5.97 Å². The third-order valence-corrected chi connectivity index (χ3v) is 6.33. The van der Waals surface area contributed by atoms with Gasteiger partial charge in [-0.25, -0.2) is 4.79 Å². The molecule has 3 nitrogen and oxygen atoms in total. The van der Waals surface area contributed by atoms with Gasteiger partial charge in [0.1, 0.15) is 0 Å². The van der Waals surface area contributed by atoms with Gasteiger partial charge in [-0.2, -0.15) is 0 Å². The average Bonchev–Trinajstić information content (AvgIpc) is 2.74. The van der Waals surface area contributed by atoms with Gasteiger partial charge in [0.05, 0.1) is 27.2 Å². The number of carbonyl (C=O) groups excluding carboxylic acids is 1. The van der Waals surface area contributed by atoms with Crippen molar-refractivity contribution in [3.63, 3.8) is 0 Å². The van der Waals surface area contributed by atoms with E-state index in [1.165, 1.54) is 109 Å². The molecular weight excluding hydrogens is 382 g/mol. The molecule has 0 rings (SSSR count). The van der Waals surface area contributed by atoms with Gasteiger partial charge in [-0.05, 0) is 39.0 Å². The Hall–Kier alpha value is -0.830. The lowest BCUT2D eigenvalue weighted by Crippen LogP contribution is -2.44. The Kier molecular flexibility index (Phi) is 21.8. The number of quaternary nitrogens is 1. The van der Waals surface area contributed by atoms with Crippen LogP contribution < -0.4 is 0 Å². The van der Waals surface area contributed by atoms with Gasteiger partial charge in [0.2, 0.25) is 0 Å². The highest BCUT2D eigenvalue weighted by atomic mass is 16.5. The number of hydrogen-bond donors (Lipinski definition) is 0. The molecule has 0 aliphatic rings. The lowest BCUT2D eigenvalue weighted by atomic mass is 10.1. The van der Waals surface area contributed by atoms with E-state index in [2.05, 4.69) is 40.1 Å². The Labute approximate surface area is 195 Å². The summed E-state index contributed by atoms with van der Waals surface area (Å²) in [6, 6.07) is 0. The SMILES string of the molecule is CCCCCCCCC=CCCCCCCCCCCCCOC(=O)C[N+](C)(C)CC. The van der Waals surface area contributed by atoms with E-state index in [4.69, 9.17) is 4.74 Å². The molecule has 0 unspecified atom stereocenters. The third kappa shape index (κ3) is 23.7. The minimum absolute atomic E-state index is 0.0554. The van der Waals surface area contributed by atoms with E-state index in [1.54, 1.807) is 0 Å². The molecule has 0 saturated carbocycles. The molecule has 0 amide bonds. The zero-order valence-electron chi connectivity index (χ0n) is 21.8. The molecule has 0 atom stereocenters. The first-order valence-corrected chi connectivity index (χ1v) is 13.6. The van der Waals surface area contributed by atoms with E-state index in [-0.39, 0.29) is 5.97 Å². The topological polar surface area (TPSA) is 26.3 Å². The number of likely N-dealkylation sites (N-methyl/N-ethyl adjacent to an activating group) is 1. The second kappa shape index (κ2) is 22.4. The Morgan fingerprint density at radius 1 is 0.645 bits per heavy atom. The van der Waals surface area contributed by atoms with Crippen molar-refractivity contribution in [1.29, 1.82) is 0 Å². The summed E-state index contributed by atoms with van der Waals surface area (Å²) >= 11 is 0. The van der Waals surface area contributed by atoms with E-state index in [1.807, 2.05) is 0 Å². The first-order valence-electron chi connectivity index (χ1n) is 13.6. The first-order chi connectivity index (χ1) is 15.0. The van der Waals surface area contributed by atoms with Crippen LogP contribution in [-0.4, -0.2) is 44.2 Å². The Morgan fingerprint density at radius 3 is 1.52 bits per heavy atom. The Balaban J connectivity index is 3.22. The van der Waals surface area contributed by atoms with Crippen LogP contribution in [0.1, 0.15) is 129 Å². The fraction of sp³-hybridized carbons (Fsp3) is 0.893. The van der Waals surface area contributed by atoms with Gasteiger partial charge < -0.3 is 9.22 Å². The van der Waals surface area contributed by atoms with Crippen LogP contribution in [0.15, 0.2) is 12.2 Å². The highest BCUT2D eigenvalue weighted by molar-refractivity contribution is 5.70. The predicted octanol–water partition coefficient (Wildman–Crippen LogP) is 8.22. The smallest absolute Gasteiger partial charge is 0.361 e. The summed E-state index contributed by atoms with van der Waals surface area (Å²) < 4.78 is 6.06.